The van der Waals surface area contributed by atoms with Crippen LogP contribution in [0, 0.1) is 0 Å². The number of hydrogen-bond acceptors (Lipinski definition) is 6. The minimum absolute atomic E-state index is 0.0249. The highest BCUT2D eigenvalue weighted by Crippen LogP contribution is 2.12. The second-order valence-corrected chi connectivity index (χ2v) is 7.48. The average Bonchev–Trinajstić information content (AvgIpc) is 2.82. The van der Waals surface area contributed by atoms with Crippen molar-refractivity contribution in [3.63, 3.8) is 0 Å². The lowest BCUT2D eigenvalue weighted by atomic mass is 10.1. The van der Waals surface area contributed by atoms with Gasteiger partial charge in [0.15, 0.2) is 6.61 Å². The third-order valence-electron chi connectivity index (χ3n) is 4.67. The molecule has 2 amide bonds. The summed E-state index contributed by atoms with van der Waals surface area (Å²) in [6.07, 6.45) is 1.17. The number of ether oxygens (including phenoxy) is 2. The average molecular weight is 455 g/mol. The quantitative estimate of drug-likeness (QED) is 0.472. The molecule has 0 aliphatic carbocycles. The number of carbonyl (C=O) groups excluding carboxylic acids is 4. The molecule has 0 unspecified atom stereocenters. The van der Waals surface area contributed by atoms with E-state index in [0.29, 0.717) is 17.9 Å². The van der Waals surface area contributed by atoms with Gasteiger partial charge >= 0.3 is 11.9 Å². The Morgan fingerprint density at radius 2 is 1.58 bits per heavy atom. The smallest absolute Gasteiger partial charge is 0.338 e. The van der Waals surface area contributed by atoms with Gasteiger partial charge in [0, 0.05) is 18.5 Å². The van der Waals surface area contributed by atoms with E-state index < -0.39 is 11.9 Å². The summed E-state index contributed by atoms with van der Waals surface area (Å²) in [5.41, 5.74) is 1.90. The zero-order valence-corrected chi connectivity index (χ0v) is 19.0. The lowest BCUT2D eigenvalue weighted by Gasteiger charge is -2.14. The molecule has 0 aromatic heterocycles. The maximum absolute atomic E-state index is 12.1. The number of esters is 2. The van der Waals surface area contributed by atoms with Crippen molar-refractivity contribution in [3.05, 3.63) is 65.7 Å². The van der Waals surface area contributed by atoms with E-state index in [-0.39, 0.29) is 43.7 Å². The van der Waals surface area contributed by atoms with Crippen molar-refractivity contribution in [2.45, 2.75) is 45.6 Å². The molecule has 2 rings (SSSR count). The highest BCUT2D eigenvalue weighted by Gasteiger charge is 2.13. The first kappa shape index (κ1) is 25.6. The molecular weight excluding hydrogens is 424 g/mol. The van der Waals surface area contributed by atoms with Crippen molar-refractivity contribution in [1.29, 1.82) is 0 Å². The first-order valence-electron chi connectivity index (χ1n) is 11.0. The second kappa shape index (κ2) is 13.7. The van der Waals surface area contributed by atoms with Gasteiger partial charge in [0.2, 0.25) is 5.91 Å². The van der Waals surface area contributed by atoms with Gasteiger partial charge in [0.05, 0.1) is 18.2 Å². The van der Waals surface area contributed by atoms with Crippen LogP contribution in [0.4, 0.5) is 5.69 Å². The monoisotopic (exact) mass is 454 g/mol. The van der Waals surface area contributed by atoms with Crippen LogP contribution in [0.5, 0.6) is 0 Å². The van der Waals surface area contributed by atoms with Gasteiger partial charge in [-0.25, -0.2) is 4.79 Å². The van der Waals surface area contributed by atoms with E-state index in [1.165, 1.54) is 0 Å². The summed E-state index contributed by atoms with van der Waals surface area (Å²) >= 11 is 0. The molecule has 0 spiro atoms. The molecule has 8 heteroatoms. The van der Waals surface area contributed by atoms with E-state index >= 15 is 0 Å². The van der Waals surface area contributed by atoms with Gasteiger partial charge in [-0.05, 0) is 49.6 Å². The summed E-state index contributed by atoms with van der Waals surface area (Å²) in [6, 6.07) is 15.6. The minimum atomic E-state index is -0.541. The van der Waals surface area contributed by atoms with Crippen molar-refractivity contribution >= 4 is 29.4 Å². The Kier molecular flexibility index (Phi) is 10.6. The lowest BCUT2D eigenvalue weighted by Crippen LogP contribution is -2.31. The molecule has 0 radical (unpaired) electrons. The summed E-state index contributed by atoms with van der Waals surface area (Å²) < 4.78 is 10.0. The third-order valence-corrected chi connectivity index (χ3v) is 4.67. The number of nitrogens with one attached hydrogen (secondary N) is 2. The molecule has 1 atom stereocenters. The van der Waals surface area contributed by atoms with E-state index in [0.717, 1.165) is 12.0 Å². The Bertz CT molecular complexity index is 928. The lowest BCUT2D eigenvalue weighted by molar-refractivity contribution is -0.148. The normalized spacial score (nSPS) is 11.2. The number of benzene rings is 2. The van der Waals surface area contributed by atoms with Gasteiger partial charge in [-0.1, -0.05) is 37.3 Å². The van der Waals surface area contributed by atoms with E-state index in [1.54, 1.807) is 24.3 Å². The van der Waals surface area contributed by atoms with Crippen LogP contribution >= 0.6 is 0 Å². The van der Waals surface area contributed by atoms with Gasteiger partial charge in [0.1, 0.15) is 0 Å². The predicted octanol–water partition coefficient (Wildman–Crippen LogP) is 3.78. The Hall–Kier alpha value is -3.68. The number of anilines is 1. The Morgan fingerprint density at radius 3 is 2.24 bits per heavy atom. The first-order valence-corrected chi connectivity index (χ1v) is 11.0. The maximum Gasteiger partial charge on any atom is 0.338 e. The molecule has 2 N–H and O–H groups in total. The third kappa shape index (κ3) is 9.55. The molecule has 0 aliphatic heterocycles. The maximum atomic E-state index is 12.1. The molecule has 0 saturated carbocycles. The molecule has 0 bridgehead atoms. The van der Waals surface area contributed by atoms with E-state index in [1.807, 2.05) is 44.2 Å². The zero-order chi connectivity index (χ0) is 24.1. The molecule has 33 heavy (non-hydrogen) atoms. The van der Waals surface area contributed by atoms with Crippen LogP contribution in [-0.2, 0) is 23.9 Å². The van der Waals surface area contributed by atoms with Gasteiger partial charge in [-0.15, -0.1) is 0 Å². The van der Waals surface area contributed by atoms with Crippen LogP contribution in [0.2, 0.25) is 0 Å². The summed E-state index contributed by atoms with van der Waals surface area (Å²) in [7, 11) is 0. The highest BCUT2D eigenvalue weighted by atomic mass is 16.5. The SMILES string of the molecule is CCCOC(=O)c1ccc(NC(=O)CCCC(=O)OCC(=O)N[C@@H](C)c2ccccc2)cc1. The van der Waals surface area contributed by atoms with Crippen molar-refractivity contribution in [3.8, 4) is 0 Å². The van der Waals surface area contributed by atoms with Crippen LogP contribution in [0.1, 0.15) is 61.5 Å². The molecule has 0 fully saturated rings. The van der Waals surface area contributed by atoms with Crippen molar-refractivity contribution in [2.75, 3.05) is 18.5 Å². The summed E-state index contributed by atoms with van der Waals surface area (Å²) in [5.74, 6) is -1.60. The Balaban J connectivity index is 1.63. The number of hydrogen-bond donors (Lipinski definition) is 2. The van der Waals surface area contributed by atoms with E-state index in [9.17, 15) is 19.2 Å². The van der Waals surface area contributed by atoms with Crippen LogP contribution in [0.25, 0.3) is 0 Å². The molecule has 0 aliphatic rings. The van der Waals surface area contributed by atoms with Crippen LogP contribution in [0.3, 0.4) is 0 Å². The van der Waals surface area contributed by atoms with Crippen LogP contribution in [-0.4, -0.2) is 37.0 Å². The molecule has 176 valence electrons. The molecule has 2 aromatic carbocycles. The second-order valence-electron chi connectivity index (χ2n) is 7.48. The fraction of sp³-hybridized carbons (Fsp3) is 0.360. The van der Waals surface area contributed by atoms with E-state index in [2.05, 4.69) is 10.6 Å². The van der Waals surface area contributed by atoms with Crippen molar-refractivity contribution in [1.82, 2.24) is 5.32 Å². The number of carbonyl (C=O) groups is 4. The van der Waals surface area contributed by atoms with Crippen LogP contribution in [0.15, 0.2) is 54.6 Å². The molecule has 8 nitrogen and oxygen atoms in total. The Labute approximate surface area is 193 Å². The first-order chi connectivity index (χ1) is 15.9. The number of rotatable bonds is 12. The minimum Gasteiger partial charge on any atom is -0.462 e. The predicted molar refractivity (Wildman–Crippen MR) is 123 cm³/mol. The van der Waals surface area contributed by atoms with Gasteiger partial charge in [0.25, 0.3) is 5.91 Å². The van der Waals surface area contributed by atoms with Crippen molar-refractivity contribution in [2.24, 2.45) is 0 Å². The zero-order valence-electron chi connectivity index (χ0n) is 19.0. The Morgan fingerprint density at radius 1 is 0.879 bits per heavy atom. The fourth-order valence-corrected chi connectivity index (χ4v) is 2.91. The van der Waals surface area contributed by atoms with Gasteiger partial charge < -0.3 is 20.1 Å². The standard InChI is InChI=1S/C25H30N2O6/c1-3-16-32-25(31)20-12-14-21(15-13-20)27-22(28)10-7-11-24(30)33-17-23(29)26-18(2)19-8-5-4-6-9-19/h4-6,8-9,12-15,18H,3,7,10-11,16-17H2,1-2H3,(H,26,29)(H,27,28)/t18-/m0/s1. The molecular formula is C25H30N2O6. The van der Waals surface area contributed by atoms with Crippen LogP contribution < -0.4 is 10.6 Å². The number of amides is 2. The topological polar surface area (TPSA) is 111 Å². The molecule has 2 aromatic rings. The van der Waals surface area contributed by atoms with Crippen molar-refractivity contribution < 1.29 is 28.7 Å². The largest absolute Gasteiger partial charge is 0.462 e. The fourth-order valence-electron chi connectivity index (χ4n) is 2.91. The van der Waals surface area contributed by atoms with Gasteiger partial charge in [-0.2, -0.15) is 0 Å². The highest BCUT2D eigenvalue weighted by molar-refractivity contribution is 5.93. The van der Waals surface area contributed by atoms with E-state index in [4.69, 9.17) is 9.47 Å². The molecule has 0 heterocycles. The summed E-state index contributed by atoms with van der Waals surface area (Å²) in [5, 5.41) is 5.47. The molecule has 0 saturated heterocycles. The summed E-state index contributed by atoms with van der Waals surface area (Å²) in [6.45, 7) is 3.75. The van der Waals surface area contributed by atoms with Gasteiger partial charge in [-0.3, -0.25) is 14.4 Å². The summed E-state index contributed by atoms with van der Waals surface area (Å²) in [4.78, 5) is 47.6.